The summed E-state index contributed by atoms with van der Waals surface area (Å²) in [5, 5.41) is 13.0. The fourth-order valence-corrected chi connectivity index (χ4v) is 2.45. The molecule has 0 radical (unpaired) electrons. The van der Waals surface area contributed by atoms with E-state index in [0.29, 0.717) is 18.6 Å². The Labute approximate surface area is 130 Å². The van der Waals surface area contributed by atoms with E-state index < -0.39 is 5.54 Å². The number of ether oxygens (including phenoxy) is 1. The van der Waals surface area contributed by atoms with Crippen molar-refractivity contribution in [3.63, 3.8) is 0 Å². The van der Waals surface area contributed by atoms with Crippen molar-refractivity contribution < 1.29 is 14.6 Å². The summed E-state index contributed by atoms with van der Waals surface area (Å²) in [4.78, 5) is 16.9. The molecule has 2 rings (SSSR count). The molecule has 0 aliphatic carbocycles. The van der Waals surface area contributed by atoms with Gasteiger partial charge in [0.25, 0.3) is 5.91 Å². The molecule has 2 N–H and O–H groups in total. The molecule has 1 atom stereocenters. The molecule has 0 saturated carbocycles. The lowest BCUT2D eigenvalue weighted by molar-refractivity contribution is 0.0726. The van der Waals surface area contributed by atoms with E-state index in [1.165, 1.54) is 0 Å². The van der Waals surface area contributed by atoms with Crippen molar-refractivity contribution in [2.24, 2.45) is 0 Å². The topological polar surface area (TPSA) is 71.5 Å². The average molecular weight is 302 g/mol. The smallest absolute Gasteiger partial charge is 0.251 e. The van der Waals surface area contributed by atoms with E-state index in [4.69, 9.17) is 9.84 Å². The Hall–Kier alpha value is -1.98. The number of aliphatic hydroxyl groups excluding tert-OH is 1. The van der Waals surface area contributed by atoms with Crippen LogP contribution in [-0.4, -0.2) is 41.9 Å². The van der Waals surface area contributed by atoms with Crippen LogP contribution < -0.4 is 5.32 Å². The van der Waals surface area contributed by atoms with E-state index in [1.54, 1.807) is 13.2 Å². The number of nitrogens with one attached hydrogen (secondary N) is 1. The van der Waals surface area contributed by atoms with Gasteiger partial charge in [0, 0.05) is 30.4 Å². The molecule has 0 saturated heterocycles. The zero-order valence-electron chi connectivity index (χ0n) is 13.2. The number of pyridine rings is 1. The standard InChI is InChI=1S/C17H22N2O3/c1-12-4-5-13-10-14(6-7-15(13)18-12)16(21)19-17(2,8-9-20)11-22-3/h4-7,10,20H,8-9,11H2,1-3H3,(H,19,21)/t17-/m0/s1. The normalized spacial score (nSPS) is 13.8. The molecule has 2 aromatic rings. The van der Waals surface area contributed by atoms with Crippen LogP contribution in [0.4, 0.5) is 0 Å². The number of aromatic nitrogens is 1. The highest BCUT2D eigenvalue weighted by Crippen LogP contribution is 2.17. The summed E-state index contributed by atoms with van der Waals surface area (Å²) >= 11 is 0. The van der Waals surface area contributed by atoms with Gasteiger partial charge in [-0.1, -0.05) is 6.07 Å². The maximum absolute atomic E-state index is 12.5. The van der Waals surface area contributed by atoms with Crippen LogP contribution in [0.15, 0.2) is 30.3 Å². The third-order valence-electron chi connectivity index (χ3n) is 3.63. The van der Waals surface area contributed by atoms with Gasteiger partial charge in [0.1, 0.15) is 0 Å². The molecule has 0 aliphatic rings. The Morgan fingerprint density at radius 1 is 1.36 bits per heavy atom. The fourth-order valence-electron chi connectivity index (χ4n) is 2.45. The molecule has 1 heterocycles. The Kier molecular flexibility index (Phi) is 5.11. The number of fused-ring (bicyclic) bond motifs is 1. The summed E-state index contributed by atoms with van der Waals surface area (Å²) in [6, 6.07) is 9.30. The number of nitrogens with zero attached hydrogens (tertiary/aromatic N) is 1. The summed E-state index contributed by atoms with van der Waals surface area (Å²) in [7, 11) is 1.58. The van der Waals surface area contributed by atoms with Gasteiger partial charge in [-0.2, -0.15) is 0 Å². The predicted octanol–water partition coefficient (Wildman–Crippen LogP) is 2.06. The van der Waals surface area contributed by atoms with E-state index in [2.05, 4.69) is 10.3 Å². The largest absolute Gasteiger partial charge is 0.396 e. The zero-order chi connectivity index (χ0) is 16.2. The molecule has 0 fully saturated rings. The first-order valence-electron chi connectivity index (χ1n) is 7.27. The highest BCUT2D eigenvalue weighted by atomic mass is 16.5. The number of aryl methyl sites for hydroxylation is 1. The average Bonchev–Trinajstić information content (AvgIpc) is 2.46. The van der Waals surface area contributed by atoms with Crippen molar-refractivity contribution in [3.8, 4) is 0 Å². The number of carbonyl (C=O) groups is 1. The maximum atomic E-state index is 12.5. The number of hydrogen-bond acceptors (Lipinski definition) is 4. The Balaban J connectivity index is 2.23. The van der Waals surface area contributed by atoms with Crippen molar-refractivity contribution >= 4 is 16.8 Å². The van der Waals surface area contributed by atoms with Gasteiger partial charge < -0.3 is 15.2 Å². The van der Waals surface area contributed by atoms with E-state index in [-0.39, 0.29) is 12.5 Å². The lowest BCUT2D eigenvalue weighted by Crippen LogP contribution is -2.50. The number of amides is 1. The van der Waals surface area contributed by atoms with Gasteiger partial charge in [-0.05, 0) is 44.5 Å². The van der Waals surface area contributed by atoms with Gasteiger partial charge in [-0.15, -0.1) is 0 Å². The van der Waals surface area contributed by atoms with Gasteiger partial charge >= 0.3 is 0 Å². The second-order valence-corrected chi connectivity index (χ2v) is 5.78. The number of carbonyl (C=O) groups excluding carboxylic acids is 1. The van der Waals surface area contributed by atoms with Crippen LogP contribution in [-0.2, 0) is 4.74 Å². The molecule has 5 nitrogen and oxygen atoms in total. The Bertz CT molecular complexity index is 664. The van der Waals surface area contributed by atoms with Gasteiger partial charge in [0.15, 0.2) is 0 Å². The SMILES string of the molecule is COC[C@](C)(CCO)NC(=O)c1ccc2nc(C)ccc2c1. The molecule has 1 aromatic carbocycles. The lowest BCUT2D eigenvalue weighted by atomic mass is 9.98. The Morgan fingerprint density at radius 3 is 2.82 bits per heavy atom. The first-order valence-corrected chi connectivity index (χ1v) is 7.27. The lowest BCUT2D eigenvalue weighted by Gasteiger charge is -2.29. The van der Waals surface area contributed by atoms with Crippen LogP contribution in [0.3, 0.4) is 0 Å². The van der Waals surface area contributed by atoms with Gasteiger partial charge in [0.05, 0.1) is 17.7 Å². The van der Waals surface area contributed by atoms with Crippen LogP contribution in [0.2, 0.25) is 0 Å². The molecule has 0 bridgehead atoms. The number of methoxy groups -OCH3 is 1. The second kappa shape index (κ2) is 6.85. The van der Waals surface area contributed by atoms with Crippen molar-refractivity contribution in [1.82, 2.24) is 10.3 Å². The summed E-state index contributed by atoms with van der Waals surface area (Å²) in [5.74, 6) is -0.185. The fraction of sp³-hybridized carbons (Fsp3) is 0.412. The molecule has 0 spiro atoms. The molecular weight excluding hydrogens is 280 g/mol. The summed E-state index contributed by atoms with van der Waals surface area (Å²) in [6.07, 6.45) is 0.431. The first-order chi connectivity index (χ1) is 10.5. The number of aliphatic hydroxyl groups is 1. The number of benzene rings is 1. The van der Waals surface area contributed by atoms with Crippen LogP contribution in [0.5, 0.6) is 0 Å². The summed E-state index contributed by atoms with van der Waals surface area (Å²) in [5.41, 5.74) is 1.78. The second-order valence-electron chi connectivity index (χ2n) is 5.78. The van der Waals surface area contributed by atoms with Crippen molar-refractivity contribution in [2.75, 3.05) is 20.3 Å². The van der Waals surface area contributed by atoms with Crippen LogP contribution in [0.25, 0.3) is 10.9 Å². The van der Waals surface area contributed by atoms with Crippen molar-refractivity contribution in [2.45, 2.75) is 25.8 Å². The van der Waals surface area contributed by atoms with Gasteiger partial charge in [0.2, 0.25) is 0 Å². The molecule has 5 heteroatoms. The zero-order valence-corrected chi connectivity index (χ0v) is 13.2. The maximum Gasteiger partial charge on any atom is 0.251 e. The monoisotopic (exact) mass is 302 g/mol. The molecule has 1 aromatic heterocycles. The molecule has 118 valence electrons. The molecule has 0 unspecified atom stereocenters. The minimum Gasteiger partial charge on any atom is -0.396 e. The summed E-state index contributed by atoms with van der Waals surface area (Å²) < 4.78 is 5.14. The van der Waals surface area contributed by atoms with Crippen LogP contribution >= 0.6 is 0 Å². The quantitative estimate of drug-likeness (QED) is 0.857. The highest BCUT2D eigenvalue weighted by molar-refractivity contribution is 5.98. The van der Waals surface area contributed by atoms with Crippen LogP contribution in [0.1, 0.15) is 29.4 Å². The van der Waals surface area contributed by atoms with Crippen molar-refractivity contribution in [1.29, 1.82) is 0 Å². The van der Waals surface area contributed by atoms with E-state index in [9.17, 15) is 4.79 Å². The minimum absolute atomic E-state index is 0.0128. The van der Waals surface area contributed by atoms with E-state index in [0.717, 1.165) is 16.6 Å². The molecular formula is C17H22N2O3. The minimum atomic E-state index is -0.596. The molecule has 1 amide bonds. The molecule has 0 aliphatic heterocycles. The number of hydrogen-bond donors (Lipinski definition) is 2. The van der Waals surface area contributed by atoms with Crippen LogP contribution in [0, 0.1) is 6.92 Å². The molecule has 22 heavy (non-hydrogen) atoms. The van der Waals surface area contributed by atoms with Crippen molar-refractivity contribution in [3.05, 3.63) is 41.6 Å². The third kappa shape index (κ3) is 3.81. The highest BCUT2D eigenvalue weighted by Gasteiger charge is 2.26. The number of rotatable bonds is 6. The van der Waals surface area contributed by atoms with Gasteiger partial charge in [-0.3, -0.25) is 9.78 Å². The van der Waals surface area contributed by atoms with E-state index >= 15 is 0 Å². The third-order valence-corrected chi connectivity index (χ3v) is 3.63. The summed E-state index contributed by atoms with van der Waals surface area (Å²) in [6.45, 7) is 4.12. The van der Waals surface area contributed by atoms with Gasteiger partial charge in [-0.25, -0.2) is 0 Å². The predicted molar refractivity (Wildman–Crippen MR) is 85.9 cm³/mol. The first kappa shape index (κ1) is 16.4. The van der Waals surface area contributed by atoms with E-state index in [1.807, 2.05) is 38.1 Å². The Morgan fingerprint density at radius 2 is 2.14 bits per heavy atom.